The summed E-state index contributed by atoms with van der Waals surface area (Å²) < 4.78 is 4.46. The molecular weight excluding hydrogens is 611 g/mol. The second-order valence-corrected chi connectivity index (χ2v) is 12.3. The average molecular weight is 636 g/mol. The lowest BCUT2D eigenvalue weighted by Gasteiger charge is -2.16. The van der Waals surface area contributed by atoms with Crippen LogP contribution in [0.4, 0.5) is 0 Å². The minimum Gasteiger partial charge on any atom is -0.309 e. The fraction of sp³-hybridized carbons (Fsp3) is 0. The van der Waals surface area contributed by atoms with Crippen LogP contribution in [0.25, 0.3) is 77.2 Å². The highest BCUT2D eigenvalue weighted by Gasteiger charge is 2.19. The van der Waals surface area contributed by atoms with Crippen LogP contribution in [-0.2, 0) is 0 Å². The van der Waals surface area contributed by atoms with Gasteiger partial charge in [-0.3, -0.25) is 0 Å². The van der Waals surface area contributed by atoms with E-state index in [1.807, 2.05) is 48.5 Å². The minimum atomic E-state index is 0.572. The Morgan fingerprint density at radius 1 is 0.380 bits per heavy atom. The molecule has 7 aromatic carbocycles. The molecule has 2 aromatic heterocycles. The summed E-state index contributed by atoms with van der Waals surface area (Å²) in [5, 5.41) is 33.8. The molecule has 0 spiro atoms. The van der Waals surface area contributed by atoms with Crippen molar-refractivity contribution >= 4 is 43.6 Å². The molecule has 0 bridgehead atoms. The van der Waals surface area contributed by atoms with Gasteiger partial charge in [-0.15, -0.1) is 0 Å². The highest BCUT2D eigenvalue weighted by atomic mass is 15.0. The van der Waals surface area contributed by atoms with Gasteiger partial charge < -0.3 is 9.13 Å². The minimum absolute atomic E-state index is 0.572. The highest BCUT2D eigenvalue weighted by molar-refractivity contribution is 6.11. The first-order valence-corrected chi connectivity index (χ1v) is 16.3. The highest BCUT2D eigenvalue weighted by Crippen LogP contribution is 2.39. The van der Waals surface area contributed by atoms with Crippen LogP contribution in [-0.4, -0.2) is 9.13 Å². The summed E-state index contributed by atoms with van der Waals surface area (Å²) in [7, 11) is 0. The van der Waals surface area contributed by atoms with Gasteiger partial charge >= 0.3 is 0 Å². The Morgan fingerprint density at radius 2 is 0.920 bits per heavy atom. The number of nitrogens with zero attached hydrogens (tertiary/aromatic N) is 5. The monoisotopic (exact) mass is 635 g/mol. The van der Waals surface area contributed by atoms with Crippen molar-refractivity contribution in [2.24, 2.45) is 0 Å². The molecular formula is C45H25N5. The van der Waals surface area contributed by atoms with Crippen molar-refractivity contribution in [3.63, 3.8) is 0 Å². The van der Waals surface area contributed by atoms with Crippen LogP contribution in [0, 0.1) is 34.0 Å². The van der Waals surface area contributed by atoms with Crippen molar-refractivity contribution < 1.29 is 0 Å². The Morgan fingerprint density at radius 3 is 1.54 bits per heavy atom. The van der Waals surface area contributed by atoms with Crippen LogP contribution in [0.1, 0.15) is 16.7 Å². The molecule has 230 valence electrons. The van der Waals surface area contributed by atoms with E-state index in [1.54, 1.807) is 0 Å². The first-order valence-electron chi connectivity index (χ1n) is 16.3. The molecule has 0 amide bonds. The summed E-state index contributed by atoms with van der Waals surface area (Å²) in [4.78, 5) is 0. The zero-order valence-corrected chi connectivity index (χ0v) is 26.7. The van der Waals surface area contributed by atoms with Gasteiger partial charge in [0.05, 0.1) is 62.7 Å². The standard InChI is InChI=1S/C45H25N5/c46-26-29-18-20-42-38(22-29)39-23-30(27-47)19-21-43(39)49(42)35-12-6-9-32(25-35)31-8-5-10-33(24-31)45-34(28-48)11-7-17-44(45)50-40-15-3-1-13-36(40)37-14-2-4-16-41(37)50/h1-25H. The van der Waals surface area contributed by atoms with Crippen LogP contribution in [0.5, 0.6) is 0 Å². The zero-order valence-electron chi connectivity index (χ0n) is 26.7. The lowest BCUT2D eigenvalue weighted by molar-refractivity contribution is 1.18. The van der Waals surface area contributed by atoms with E-state index in [0.29, 0.717) is 16.7 Å². The molecule has 2 heterocycles. The Bertz CT molecular complexity index is 2850. The van der Waals surface area contributed by atoms with Gasteiger partial charge in [0.2, 0.25) is 0 Å². The van der Waals surface area contributed by atoms with E-state index >= 15 is 0 Å². The lowest BCUT2D eigenvalue weighted by Crippen LogP contribution is -1.99. The van der Waals surface area contributed by atoms with E-state index < -0.39 is 0 Å². The van der Waals surface area contributed by atoms with E-state index in [2.05, 4.69) is 130 Å². The summed E-state index contributed by atoms with van der Waals surface area (Å²) in [5.41, 5.74) is 11.6. The largest absolute Gasteiger partial charge is 0.309 e. The summed E-state index contributed by atoms with van der Waals surface area (Å²) >= 11 is 0. The molecule has 9 rings (SSSR count). The number of fused-ring (bicyclic) bond motifs is 6. The van der Waals surface area contributed by atoms with Crippen LogP contribution in [0.15, 0.2) is 152 Å². The molecule has 0 saturated heterocycles. The summed E-state index contributed by atoms with van der Waals surface area (Å²) in [6, 6.07) is 57.9. The van der Waals surface area contributed by atoms with E-state index in [4.69, 9.17) is 0 Å². The lowest BCUT2D eigenvalue weighted by atomic mass is 9.94. The molecule has 0 aliphatic heterocycles. The third-order valence-electron chi connectivity index (χ3n) is 9.60. The Hall–Kier alpha value is -7.39. The molecule has 0 atom stereocenters. The van der Waals surface area contributed by atoms with Gasteiger partial charge in [-0.25, -0.2) is 0 Å². The topological polar surface area (TPSA) is 81.2 Å². The first-order chi connectivity index (χ1) is 24.7. The Labute approximate surface area is 287 Å². The molecule has 0 fully saturated rings. The molecule has 0 radical (unpaired) electrons. The van der Waals surface area contributed by atoms with Gasteiger partial charge in [0.1, 0.15) is 0 Å². The first kappa shape index (κ1) is 28.8. The van der Waals surface area contributed by atoms with Crippen LogP contribution >= 0.6 is 0 Å². The smallest absolute Gasteiger partial charge is 0.0998 e. The molecule has 0 unspecified atom stereocenters. The van der Waals surface area contributed by atoms with Crippen molar-refractivity contribution in [1.29, 1.82) is 15.8 Å². The molecule has 0 aliphatic rings. The second-order valence-electron chi connectivity index (χ2n) is 12.3. The predicted molar refractivity (Wildman–Crippen MR) is 200 cm³/mol. The fourth-order valence-electron chi connectivity index (χ4n) is 7.42. The van der Waals surface area contributed by atoms with Gasteiger partial charge in [0.15, 0.2) is 0 Å². The fourth-order valence-corrected chi connectivity index (χ4v) is 7.42. The van der Waals surface area contributed by atoms with E-state index in [9.17, 15) is 15.8 Å². The van der Waals surface area contributed by atoms with E-state index in [1.165, 1.54) is 10.8 Å². The van der Waals surface area contributed by atoms with Crippen molar-refractivity contribution in [3.05, 3.63) is 168 Å². The zero-order chi connectivity index (χ0) is 33.8. The Balaban J connectivity index is 1.23. The number of para-hydroxylation sites is 2. The normalized spacial score (nSPS) is 11.1. The van der Waals surface area contributed by atoms with Gasteiger partial charge in [0.25, 0.3) is 0 Å². The average Bonchev–Trinajstić information content (AvgIpc) is 3.69. The number of hydrogen-bond acceptors (Lipinski definition) is 3. The number of rotatable bonds is 4. The van der Waals surface area contributed by atoms with Crippen LogP contribution < -0.4 is 0 Å². The number of aromatic nitrogens is 2. The van der Waals surface area contributed by atoms with Crippen molar-refractivity contribution in [1.82, 2.24) is 9.13 Å². The van der Waals surface area contributed by atoms with Gasteiger partial charge in [0, 0.05) is 32.8 Å². The maximum atomic E-state index is 10.4. The number of benzene rings is 7. The van der Waals surface area contributed by atoms with Crippen LogP contribution in [0.2, 0.25) is 0 Å². The number of nitriles is 3. The summed E-state index contributed by atoms with van der Waals surface area (Å²) in [6.07, 6.45) is 0. The maximum absolute atomic E-state index is 10.4. The van der Waals surface area contributed by atoms with E-state index in [0.717, 1.165) is 66.5 Å². The van der Waals surface area contributed by atoms with Gasteiger partial charge in [-0.1, -0.05) is 72.8 Å². The molecule has 0 aliphatic carbocycles. The Kier molecular flexibility index (Phi) is 6.56. The van der Waals surface area contributed by atoms with Gasteiger partial charge in [-0.2, -0.15) is 15.8 Å². The molecule has 0 N–H and O–H groups in total. The third-order valence-corrected chi connectivity index (χ3v) is 9.60. The quantitative estimate of drug-likeness (QED) is 0.193. The van der Waals surface area contributed by atoms with E-state index in [-0.39, 0.29) is 0 Å². The third kappa shape index (κ3) is 4.38. The maximum Gasteiger partial charge on any atom is 0.0998 e. The summed E-state index contributed by atoms with van der Waals surface area (Å²) in [5.74, 6) is 0. The van der Waals surface area contributed by atoms with Crippen molar-refractivity contribution in [2.75, 3.05) is 0 Å². The second kappa shape index (κ2) is 11.4. The van der Waals surface area contributed by atoms with Gasteiger partial charge in [-0.05, 0) is 95.6 Å². The SMILES string of the molecule is N#Cc1ccc2c(c1)c1cc(C#N)ccc1n2-c1cccc(-c2cccc(-c3c(C#N)cccc3-n3c4ccccc4c4ccccc43)c2)c1. The van der Waals surface area contributed by atoms with Crippen LogP contribution in [0.3, 0.4) is 0 Å². The van der Waals surface area contributed by atoms with Crippen molar-refractivity contribution in [2.45, 2.75) is 0 Å². The summed E-state index contributed by atoms with van der Waals surface area (Å²) in [6.45, 7) is 0. The predicted octanol–water partition coefficient (Wildman–Crippen LogP) is 10.8. The molecule has 0 saturated carbocycles. The molecule has 5 nitrogen and oxygen atoms in total. The molecule has 5 heteroatoms. The molecule has 50 heavy (non-hydrogen) atoms. The molecule has 9 aromatic rings. The van der Waals surface area contributed by atoms with Crippen molar-refractivity contribution in [3.8, 4) is 51.8 Å². The number of hydrogen-bond donors (Lipinski definition) is 0.